The van der Waals surface area contributed by atoms with Crippen molar-refractivity contribution in [3.8, 4) is 11.4 Å². The van der Waals surface area contributed by atoms with Crippen molar-refractivity contribution in [3.05, 3.63) is 91.9 Å². The molecule has 0 bridgehead atoms. The summed E-state index contributed by atoms with van der Waals surface area (Å²) in [4.78, 5) is 26.2. The first-order chi connectivity index (χ1) is 13.1. The molecule has 0 saturated heterocycles. The molecule has 2 heterocycles. The summed E-state index contributed by atoms with van der Waals surface area (Å²) in [7, 11) is 1.56. The van der Waals surface area contributed by atoms with E-state index < -0.39 is 0 Å². The maximum absolute atomic E-state index is 13.3. The van der Waals surface area contributed by atoms with Crippen LogP contribution in [0.5, 0.6) is 5.75 Å². The van der Waals surface area contributed by atoms with Crippen LogP contribution in [0.2, 0.25) is 0 Å². The molecule has 0 atom stereocenters. The average molecular weight is 378 g/mol. The predicted octanol–water partition coefficient (Wildman–Crippen LogP) is 3.58. The molecule has 6 heteroatoms. The van der Waals surface area contributed by atoms with Gasteiger partial charge in [0.2, 0.25) is 0 Å². The number of hydrogen-bond donors (Lipinski definition) is 0. The van der Waals surface area contributed by atoms with Gasteiger partial charge in [-0.2, -0.15) is 0 Å². The van der Waals surface area contributed by atoms with Gasteiger partial charge >= 0.3 is 5.69 Å². The molecule has 0 spiro atoms. The van der Waals surface area contributed by atoms with Crippen LogP contribution in [0.1, 0.15) is 11.1 Å². The molecule has 0 N–H and O–H groups in total. The van der Waals surface area contributed by atoms with E-state index in [1.807, 2.05) is 42.6 Å². The van der Waals surface area contributed by atoms with Crippen LogP contribution in [0.25, 0.3) is 15.9 Å². The highest BCUT2D eigenvalue weighted by Gasteiger charge is 2.16. The topological polar surface area (TPSA) is 53.2 Å². The Balaban J connectivity index is 1.96. The van der Waals surface area contributed by atoms with E-state index in [4.69, 9.17) is 4.74 Å². The third-order valence-corrected chi connectivity index (χ3v) is 5.42. The summed E-state index contributed by atoms with van der Waals surface area (Å²) >= 11 is 1.34. The average Bonchev–Trinajstić information content (AvgIpc) is 3.17. The van der Waals surface area contributed by atoms with Crippen LogP contribution < -0.4 is 16.0 Å². The van der Waals surface area contributed by atoms with Gasteiger partial charge < -0.3 is 4.74 Å². The Labute approximate surface area is 159 Å². The van der Waals surface area contributed by atoms with Gasteiger partial charge in [-0.25, -0.2) is 9.36 Å². The Bertz CT molecular complexity index is 1230. The van der Waals surface area contributed by atoms with Gasteiger partial charge in [-0.05, 0) is 36.1 Å². The maximum atomic E-state index is 13.3. The molecule has 0 aliphatic heterocycles. The number of hydrogen-bond acceptors (Lipinski definition) is 4. The third-order valence-electron chi connectivity index (χ3n) is 4.53. The van der Waals surface area contributed by atoms with E-state index >= 15 is 0 Å². The van der Waals surface area contributed by atoms with Crippen LogP contribution >= 0.6 is 11.3 Å². The summed E-state index contributed by atoms with van der Waals surface area (Å²) in [5, 5.41) is 1.84. The predicted molar refractivity (Wildman–Crippen MR) is 109 cm³/mol. The molecule has 0 aliphatic carbocycles. The van der Waals surface area contributed by atoms with Gasteiger partial charge in [0.1, 0.15) is 10.4 Å². The van der Waals surface area contributed by atoms with Gasteiger partial charge in [0.25, 0.3) is 5.56 Å². The van der Waals surface area contributed by atoms with E-state index in [0.29, 0.717) is 28.2 Å². The number of aromatic nitrogens is 2. The second-order valence-corrected chi connectivity index (χ2v) is 7.25. The van der Waals surface area contributed by atoms with Crippen molar-refractivity contribution >= 4 is 21.6 Å². The number of ether oxygens (including phenoxy) is 1. The Hall–Kier alpha value is -3.12. The number of thiophene rings is 1. The minimum atomic E-state index is -0.361. The van der Waals surface area contributed by atoms with Crippen molar-refractivity contribution in [3.63, 3.8) is 0 Å². The second kappa shape index (κ2) is 6.89. The Morgan fingerprint density at radius 2 is 1.81 bits per heavy atom. The molecule has 5 nitrogen and oxygen atoms in total. The first-order valence-corrected chi connectivity index (χ1v) is 9.39. The minimum Gasteiger partial charge on any atom is -0.497 e. The quantitative estimate of drug-likeness (QED) is 0.545. The first kappa shape index (κ1) is 17.3. The molecule has 0 unspecified atom stereocenters. The molecule has 2 aromatic carbocycles. The zero-order valence-electron chi connectivity index (χ0n) is 15.0. The highest BCUT2D eigenvalue weighted by Crippen LogP contribution is 2.19. The first-order valence-electron chi connectivity index (χ1n) is 8.51. The van der Waals surface area contributed by atoms with Gasteiger partial charge in [0, 0.05) is 6.07 Å². The molecule has 2 aromatic heterocycles. The smallest absolute Gasteiger partial charge is 0.336 e. The lowest BCUT2D eigenvalue weighted by atomic mass is 10.1. The lowest BCUT2D eigenvalue weighted by Crippen LogP contribution is -2.38. The Morgan fingerprint density at radius 3 is 2.56 bits per heavy atom. The van der Waals surface area contributed by atoms with Crippen molar-refractivity contribution in [2.24, 2.45) is 0 Å². The maximum Gasteiger partial charge on any atom is 0.336 e. The number of benzene rings is 2. The van der Waals surface area contributed by atoms with E-state index in [1.54, 1.807) is 35.9 Å². The number of nitrogens with zero attached hydrogens (tertiary/aromatic N) is 2. The van der Waals surface area contributed by atoms with E-state index in [-0.39, 0.29) is 11.2 Å². The lowest BCUT2D eigenvalue weighted by Gasteiger charge is -2.13. The number of methoxy groups -OCH3 is 1. The lowest BCUT2D eigenvalue weighted by molar-refractivity contribution is 0.414. The van der Waals surface area contributed by atoms with Crippen LogP contribution in [-0.2, 0) is 6.54 Å². The summed E-state index contributed by atoms with van der Waals surface area (Å²) in [6.45, 7) is 2.42. The van der Waals surface area contributed by atoms with Crippen molar-refractivity contribution in [2.45, 2.75) is 13.5 Å². The largest absolute Gasteiger partial charge is 0.497 e. The molecule has 0 amide bonds. The normalized spacial score (nSPS) is 11.0. The zero-order chi connectivity index (χ0) is 19.0. The molecule has 0 saturated carbocycles. The minimum absolute atomic E-state index is 0.307. The molecular formula is C21H18N2O3S. The van der Waals surface area contributed by atoms with Crippen LogP contribution in [0.15, 0.2) is 69.6 Å². The standard InChI is InChI=1S/C21H18N2O3S/c1-14-6-8-15(9-7-14)13-22-18-10-11-27-19(18)20(24)23(21(22)25)16-4-3-5-17(12-16)26-2/h3-12H,13H2,1-2H3. The molecular weight excluding hydrogens is 360 g/mol. The number of rotatable bonds is 4. The van der Waals surface area contributed by atoms with Gasteiger partial charge in [-0.1, -0.05) is 35.9 Å². The van der Waals surface area contributed by atoms with Gasteiger partial charge in [-0.3, -0.25) is 9.36 Å². The number of fused-ring (bicyclic) bond motifs is 1. The highest BCUT2D eigenvalue weighted by molar-refractivity contribution is 7.17. The molecule has 27 heavy (non-hydrogen) atoms. The SMILES string of the molecule is COc1cccc(-n2c(=O)c3sccc3n(Cc3ccc(C)cc3)c2=O)c1. The fourth-order valence-electron chi connectivity index (χ4n) is 3.09. The van der Waals surface area contributed by atoms with Crippen LogP contribution in [-0.4, -0.2) is 16.2 Å². The van der Waals surface area contributed by atoms with E-state index in [9.17, 15) is 9.59 Å². The van der Waals surface area contributed by atoms with Gasteiger partial charge in [-0.15, -0.1) is 11.3 Å². The van der Waals surface area contributed by atoms with Crippen molar-refractivity contribution in [2.75, 3.05) is 7.11 Å². The Morgan fingerprint density at radius 1 is 1.04 bits per heavy atom. The van der Waals surface area contributed by atoms with Crippen molar-refractivity contribution < 1.29 is 4.74 Å². The molecule has 0 radical (unpaired) electrons. The summed E-state index contributed by atoms with van der Waals surface area (Å²) in [5.74, 6) is 0.593. The third kappa shape index (κ3) is 3.08. The van der Waals surface area contributed by atoms with Crippen molar-refractivity contribution in [1.29, 1.82) is 0 Å². The van der Waals surface area contributed by atoms with Gasteiger partial charge in [0.15, 0.2) is 0 Å². The molecule has 0 aliphatic rings. The molecule has 4 rings (SSSR count). The second-order valence-electron chi connectivity index (χ2n) is 6.33. The van der Waals surface area contributed by atoms with Crippen LogP contribution in [0.4, 0.5) is 0 Å². The summed E-state index contributed by atoms with van der Waals surface area (Å²) in [6.07, 6.45) is 0. The molecule has 0 fully saturated rings. The summed E-state index contributed by atoms with van der Waals surface area (Å²) in [6, 6.07) is 16.8. The van der Waals surface area contributed by atoms with Crippen LogP contribution in [0, 0.1) is 6.92 Å². The highest BCUT2D eigenvalue weighted by atomic mass is 32.1. The molecule has 4 aromatic rings. The summed E-state index contributed by atoms with van der Waals surface area (Å²) in [5.41, 5.74) is 2.66. The Kier molecular flexibility index (Phi) is 4.41. The fourth-order valence-corrected chi connectivity index (χ4v) is 3.92. The fraction of sp³-hybridized carbons (Fsp3) is 0.143. The monoisotopic (exact) mass is 378 g/mol. The van der Waals surface area contributed by atoms with E-state index in [2.05, 4.69) is 0 Å². The zero-order valence-corrected chi connectivity index (χ0v) is 15.8. The van der Waals surface area contributed by atoms with E-state index in [0.717, 1.165) is 11.1 Å². The van der Waals surface area contributed by atoms with Crippen LogP contribution in [0.3, 0.4) is 0 Å². The van der Waals surface area contributed by atoms with Crippen molar-refractivity contribution in [1.82, 2.24) is 9.13 Å². The van der Waals surface area contributed by atoms with Gasteiger partial charge in [0.05, 0.1) is 24.9 Å². The number of aryl methyl sites for hydroxylation is 1. The molecule has 136 valence electrons. The van der Waals surface area contributed by atoms with E-state index in [1.165, 1.54) is 15.9 Å². The summed E-state index contributed by atoms with van der Waals surface area (Å²) < 4.78 is 8.67.